The number of halogens is 1. The van der Waals surface area contributed by atoms with Crippen molar-refractivity contribution in [1.82, 2.24) is 5.32 Å². The van der Waals surface area contributed by atoms with Crippen LogP contribution in [0.2, 0.25) is 0 Å². The molecule has 1 heterocycles. The maximum Gasteiger partial charge on any atom is 0.255 e. The first-order valence-electron chi connectivity index (χ1n) is 11.5. The number of carbonyl (C=O) groups excluding carboxylic acids is 1. The van der Waals surface area contributed by atoms with Crippen LogP contribution in [0.15, 0.2) is 83.0 Å². The highest BCUT2D eigenvalue weighted by Gasteiger charge is 2.31. The zero-order chi connectivity index (χ0) is 26.4. The lowest BCUT2D eigenvalue weighted by Gasteiger charge is -2.27. The second kappa shape index (κ2) is 11.8. The summed E-state index contributed by atoms with van der Waals surface area (Å²) in [5.74, 6) is 1.30. The Morgan fingerprint density at radius 1 is 1.00 bits per heavy atom. The fourth-order valence-corrected chi connectivity index (χ4v) is 4.90. The van der Waals surface area contributed by atoms with E-state index in [0.29, 0.717) is 50.7 Å². The predicted octanol–water partition coefficient (Wildman–Crippen LogP) is 5.70. The van der Waals surface area contributed by atoms with E-state index in [-0.39, 0.29) is 11.7 Å². The van der Waals surface area contributed by atoms with Crippen LogP contribution in [0.4, 0.5) is 10.1 Å². The van der Waals surface area contributed by atoms with Crippen molar-refractivity contribution in [1.29, 1.82) is 0 Å². The van der Waals surface area contributed by atoms with Gasteiger partial charge in [-0.25, -0.2) is 9.38 Å². The number of nitrogens with one attached hydrogen (secondary N) is 2. The van der Waals surface area contributed by atoms with Crippen molar-refractivity contribution < 1.29 is 23.4 Å². The minimum Gasteiger partial charge on any atom is -0.493 e. The highest BCUT2D eigenvalue weighted by atomic mass is 32.2. The maximum atomic E-state index is 13.7. The molecule has 1 atom stereocenters. The molecule has 0 spiro atoms. The van der Waals surface area contributed by atoms with E-state index in [1.165, 1.54) is 45.2 Å². The number of rotatable bonds is 8. The zero-order valence-corrected chi connectivity index (χ0v) is 21.8. The molecule has 0 saturated carbocycles. The minimum atomic E-state index is -0.659. The van der Waals surface area contributed by atoms with Crippen molar-refractivity contribution >= 4 is 28.5 Å². The highest BCUT2D eigenvalue weighted by Crippen LogP contribution is 2.43. The standard InChI is InChI=1S/C28H28FN3O4S/c1-17-24(27(33)31-21-11-6-5-7-12-21)25(19-14-22(34-2)26(36-4)23(15-19)35-3)32-28(30-17)37-16-18-9-8-10-20(29)13-18/h5-15,25H,16H2,1-4H3,(H,30,32)(H,31,33)/t25-/m0/s1. The van der Waals surface area contributed by atoms with Gasteiger partial charge in [-0.3, -0.25) is 4.79 Å². The third kappa shape index (κ3) is 6.06. The van der Waals surface area contributed by atoms with E-state index in [4.69, 9.17) is 19.2 Å². The zero-order valence-electron chi connectivity index (χ0n) is 21.0. The monoisotopic (exact) mass is 521 g/mol. The number of para-hydroxylation sites is 1. The number of allylic oxidation sites excluding steroid dienone is 1. The first-order chi connectivity index (χ1) is 17.9. The number of hydrogen-bond acceptors (Lipinski definition) is 7. The highest BCUT2D eigenvalue weighted by molar-refractivity contribution is 8.13. The lowest BCUT2D eigenvalue weighted by atomic mass is 9.95. The van der Waals surface area contributed by atoms with E-state index in [2.05, 4.69) is 10.6 Å². The van der Waals surface area contributed by atoms with Gasteiger partial charge in [-0.2, -0.15) is 0 Å². The van der Waals surface area contributed by atoms with Crippen LogP contribution in [-0.4, -0.2) is 32.4 Å². The summed E-state index contributed by atoms with van der Waals surface area (Å²) in [7, 11) is 4.61. The van der Waals surface area contributed by atoms with Gasteiger partial charge < -0.3 is 24.8 Å². The van der Waals surface area contributed by atoms with Crippen LogP contribution in [0.25, 0.3) is 0 Å². The van der Waals surface area contributed by atoms with E-state index >= 15 is 0 Å². The number of amides is 1. The summed E-state index contributed by atoms with van der Waals surface area (Å²) >= 11 is 1.43. The summed E-state index contributed by atoms with van der Waals surface area (Å²) in [6.07, 6.45) is 0. The molecule has 1 amide bonds. The molecule has 0 saturated heterocycles. The molecule has 3 aromatic rings. The molecule has 37 heavy (non-hydrogen) atoms. The number of benzene rings is 3. The smallest absolute Gasteiger partial charge is 0.255 e. The van der Waals surface area contributed by atoms with Gasteiger partial charge in [0, 0.05) is 17.1 Å². The second-order valence-electron chi connectivity index (χ2n) is 8.20. The van der Waals surface area contributed by atoms with Crippen LogP contribution in [0.5, 0.6) is 17.2 Å². The van der Waals surface area contributed by atoms with Gasteiger partial charge in [0.15, 0.2) is 16.7 Å². The summed E-state index contributed by atoms with van der Waals surface area (Å²) in [6, 6.07) is 18.6. The predicted molar refractivity (Wildman–Crippen MR) is 145 cm³/mol. The van der Waals surface area contributed by atoms with Crippen molar-refractivity contribution in [3.63, 3.8) is 0 Å². The van der Waals surface area contributed by atoms with E-state index in [1.54, 1.807) is 18.2 Å². The van der Waals surface area contributed by atoms with Crippen LogP contribution in [0.3, 0.4) is 0 Å². The maximum absolute atomic E-state index is 13.7. The number of anilines is 1. The van der Waals surface area contributed by atoms with Crippen LogP contribution in [-0.2, 0) is 10.5 Å². The molecule has 0 fully saturated rings. The molecule has 0 aliphatic carbocycles. The third-order valence-electron chi connectivity index (χ3n) is 5.76. The number of carbonyl (C=O) groups is 1. The molecule has 7 nitrogen and oxygen atoms in total. The molecule has 3 aromatic carbocycles. The Morgan fingerprint density at radius 3 is 2.32 bits per heavy atom. The Morgan fingerprint density at radius 2 is 1.70 bits per heavy atom. The second-order valence-corrected chi connectivity index (χ2v) is 9.16. The van der Waals surface area contributed by atoms with Crippen LogP contribution >= 0.6 is 11.8 Å². The van der Waals surface area contributed by atoms with Gasteiger partial charge in [0.25, 0.3) is 5.91 Å². The Balaban J connectivity index is 1.72. The number of hydrogen-bond donors (Lipinski definition) is 2. The van der Waals surface area contributed by atoms with Gasteiger partial charge >= 0.3 is 0 Å². The molecule has 2 N–H and O–H groups in total. The topological polar surface area (TPSA) is 81.2 Å². The molecule has 192 valence electrons. The number of nitrogens with zero attached hydrogens (tertiary/aromatic N) is 1. The average molecular weight is 522 g/mol. The van der Waals surface area contributed by atoms with E-state index in [1.807, 2.05) is 43.3 Å². The van der Waals surface area contributed by atoms with Crippen molar-refractivity contribution in [2.45, 2.75) is 18.7 Å². The first kappa shape index (κ1) is 26.1. The van der Waals surface area contributed by atoms with Crippen LogP contribution in [0, 0.1) is 5.82 Å². The number of thioether (sulfide) groups is 1. The summed E-state index contributed by atoms with van der Waals surface area (Å²) in [4.78, 5) is 18.4. The largest absolute Gasteiger partial charge is 0.493 e. The Bertz CT molecular complexity index is 1320. The van der Waals surface area contributed by atoms with E-state index < -0.39 is 6.04 Å². The Hall–Kier alpha value is -3.98. The van der Waals surface area contributed by atoms with Crippen LogP contribution in [0.1, 0.15) is 24.1 Å². The molecule has 0 radical (unpaired) electrons. The summed E-state index contributed by atoms with van der Waals surface area (Å²) in [5, 5.41) is 6.82. The van der Waals surface area contributed by atoms with Gasteiger partial charge in [0.2, 0.25) is 5.75 Å². The number of amidine groups is 1. The number of ether oxygens (including phenoxy) is 3. The van der Waals surface area contributed by atoms with Crippen molar-refractivity contribution in [2.75, 3.05) is 26.6 Å². The molecule has 0 aromatic heterocycles. The minimum absolute atomic E-state index is 0.284. The average Bonchev–Trinajstić information content (AvgIpc) is 2.91. The van der Waals surface area contributed by atoms with Gasteiger partial charge in [0.05, 0.1) is 26.9 Å². The molecule has 0 bridgehead atoms. The van der Waals surface area contributed by atoms with E-state index in [9.17, 15) is 9.18 Å². The molecule has 1 aliphatic heterocycles. The van der Waals surface area contributed by atoms with Gasteiger partial charge in [0.1, 0.15) is 11.9 Å². The molecule has 4 rings (SSSR count). The molecule has 0 unspecified atom stereocenters. The van der Waals surface area contributed by atoms with Crippen molar-refractivity contribution in [3.8, 4) is 17.2 Å². The molecule has 1 aliphatic rings. The normalized spacial score (nSPS) is 14.9. The third-order valence-corrected chi connectivity index (χ3v) is 6.72. The Kier molecular flexibility index (Phi) is 8.35. The molecule has 9 heteroatoms. The lowest BCUT2D eigenvalue weighted by molar-refractivity contribution is -0.113. The Labute approximate surface area is 219 Å². The van der Waals surface area contributed by atoms with Crippen molar-refractivity contribution in [3.05, 3.63) is 94.9 Å². The fourth-order valence-electron chi connectivity index (χ4n) is 4.01. The molecular weight excluding hydrogens is 493 g/mol. The quantitative estimate of drug-likeness (QED) is 0.396. The van der Waals surface area contributed by atoms with Gasteiger partial charge in [-0.1, -0.05) is 42.1 Å². The summed E-state index contributed by atoms with van der Waals surface area (Å²) < 4.78 is 30.2. The lowest BCUT2D eigenvalue weighted by Crippen LogP contribution is -2.32. The van der Waals surface area contributed by atoms with Crippen molar-refractivity contribution in [2.24, 2.45) is 4.99 Å². The van der Waals surface area contributed by atoms with E-state index in [0.717, 1.165) is 5.56 Å². The number of aliphatic imine (C=N–C) groups is 1. The summed E-state index contributed by atoms with van der Waals surface area (Å²) in [5.41, 5.74) is 3.30. The van der Waals surface area contributed by atoms with Crippen LogP contribution < -0.4 is 24.8 Å². The first-order valence-corrected chi connectivity index (χ1v) is 12.5. The molecular formula is C28H28FN3O4S. The van der Waals surface area contributed by atoms with Gasteiger partial charge in [-0.15, -0.1) is 0 Å². The number of methoxy groups -OCH3 is 3. The SMILES string of the molecule is COc1cc([C@@H]2N=C(SCc3cccc(F)c3)NC(C)=C2C(=O)Nc2ccccc2)cc(OC)c1OC. The fraction of sp³-hybridized carbons (Fsp3) is 0.214. The summed E-state index contributed by atoms with van der Waals surface area (Å²) in [6.45, 7) is 1.84. The van der Waals surface area contributed by atoms with Gasteiger partial charge in [-0.05, 0) is 54.4 Å².